The first kappa shape index (κ1) is 16.0. The number of nitrogens with zero attached hydrogens (tertiary/aromatic N) is 1. The van der Waals surface area contributed by atoms with Crippen molar-refractivity contribution in [2.45, 2.75) is 13.5 Å². The van der Waals surface area contributed by atoms with Crippen LogP contribution in [0.15, 0.2) is 54.6 Å². The van der Waals surface area contributed by atoms with Crippen molar-refractivity contribution in [1.82, 2.24) is 5.32 Å². The summed E-state index contributed by atoms with van der Waals surface area (Å²) in [5.41, 5.74) is 1.66. The second-order valence-electron chi connectivity index (χ2n) is 4.84. The van der Waals surface area contributed by atoms with Gasteiger partial charge in [0.05, 0.1) is 0 Å². The molecular formula is C17H17ClN2O2. The minimum Gasteiger partial charge on any atom is -0.350 e. The number of amides is 2. The zero-order valence-electron chi connectivity index (χ0n) is 12.3. The number of nitrogens with one attached hydrogen (secondary N) is 1. The minimum absolute atomic E-state index is 0.00701. The molecule has 0 aromatic heterocycles. The Morgan fingerprint density at radius 2 is 1.68 bits per heavy atom. The van der Waals surface area contributed by atoms with Gasteiger partial charge in [0.2, 0.25) is 11.8 Å². The molecule has 114 valence electrons. The number of carbonyl (C=O) groups is 2. The number of para-hydroxylation sites is 1. The maximum absolute atomic E-state index is 12.0. The zero-order chi connectivity index (χ0) is 15.9. The van der Waals surface area contributed by atoms with Crippen LogP contribution >= 0.6 is 11.6 Å². The van der Waals surface area contributed by atoms with E-state index >= 15 is 0 Å². The van der Waals surface area contributed by atoms with Crippen molar-refractivity contribution in [3.05, 3.63) is 65.2 Å². The summed E-state index contributed by atoms with van der Waals surface area (Å²) in [6, 6.07) is 16.4. The molecule has 0 radical (unpaired) electrons. The molecule has 0 aliphatic heterocycles. The van der Waals surface area contributed by atoms with Crippen LogP contribution in [-0.2, 0) is 16.1 Å². The van der Waals surface area contributed by atoms with Crippen LogP contribution in [0, 0.1) is 0 Å². The fourth-order valence-electron chi connectivity index (χ4n) is 1.99. The lowest BCUT2D eigenvalue weighted by molar-refractivity contribution is -0.123. The van der Waals surface area contributed by atoms with E-state index < -0.39 is 0 Å². The molecule has 0 aliphatic carbocycles. The van der Waals surface area contributed by atoms with E-state index in [-0.39, 0.29) is 18.4 Å². The van der Waals surface area contributed by atoms with E-state index in [9.17, 15) is 9.59 Å². The van der Waals surface area contributed by atoms with Crippen molar-refractivity contribution in [3.63, 3.8) is 0 Å². The topological polar surface area (TPSA) is 49.4 Å². The third kappa shape index (κ3) is 4.60. The van der Waals surface area contributed by atoms with E-state index in [0.717, 1.165) is 5.56 Å². The first-order chi connectivity index (χ1) is 10.6. The normalized spacial score (nSPS) is 10.1. The number of rotatable bonds is 5. The predicted molar refractivity (Wildman–Crippen MR) is 87.8 cm³/mol. The smallest absolute Gasteiger partial charge is 0.240 e. The van der Waals surface area contributed by atoms with Crippen molar-refractivity contribution < 1.29 is 9.59 Å². The standard InChI is InChI=1S/C17H17ClN2O2/c1-13(21)20(16-5-3-2-4-6-16)12-17(22)19-11-14-7-9-15(18)10-8-14/h2-10H,11-12H2,1H3,(H,19,22). The number of hydrogen-bond donors (Lipinski definition) is 1. The molecule has 2 aromatic carbocycles. The number of benzene rings is 2. The van der Waals surface area contributed by atoms with Gasteiger partial charge in [0.25, 0.3) is 0 Å². The minimum atomic E-state index is -0.214. The van der Waals surface area contributed by atoms with Crippen LogP contribution in [0.5, 0.6) is 0 Å². The van der Waals surface area contributed by atoms with Crippen molar-refractivity contribution >= 4 is 29.1 Å². The van der Waals surface area contributed by atoms with Crippen molar-refractivity contribution in [3.8, 4) is 0 Å². The third-order valence-corrected chi connectivity index (χ3v) is 3.40. The van der Waals surface area contributed by atoms with Crippen LogP contribution in [0.4, 0.5) is 5.69 Å². The maximum atomic E-state index is 12.0. The number of hydrogen-bond acceptors (Lipinski definition) is 2. The molecule has 4 nitrogen and oxygen atoms in total. The lowest BCUT2D eigenvalue weighted by atomic mass is 10.2. The summed E-state index contributed by atoms with van der Waals surface area (Å²) in [6.45, 7) is 1.84. The molecular weight excluding hydrogens is 300 g/mol. The Hall–Kier alpha value is -2.33. The van der Waals surface area contributed by atoms with Gasteiger partial charge in [0, 0.05) is 24.2 Å². The molecule has 0 aliphatic rings. The van der Waals surface area contributed by atoms with Crippen LogP contribution in [0.1, 0.15) is 12.5 Å². The quantitative estimate of drug-likeness (QED) is 0.922. The lowest BCUT2D eigenvalue weighted by Gasteiger charge is -2.20. The first-order valence-corrected chi connectivity index (χ1v) is 7.28. The Labute approximate surface area is 134 Å². The highest BCUT2D eigenvalue weighted by Crippen LogP contribution is 2.13. The van der Waals surface area contributed by atoms with Crippen molar-refractivity contribution in [2.75, 3.05) is 11.4 Å². The highest BCUT2D eigenvalue weighted by molar-refractivity contribution is 6.30. The Bertz CT molecular complexity index is 641. The highest BCUT2D eigenvalue weighted by Gasteiger charge is 2.15. The highest BCUT2D eigenvalue weighted by atomic mass is 35.5. The van der Waals surface area contributed by atoms with Gasteiger partial charge in [-0.3, -0.25) is 9.59 Å². The van der Waals surface area contributed by atoms with Crippen LogP contribution in [0.3, 0.4) is 0 Å². The van der Waals surface area contributed by atoms with Crippen molar-refractivity contribution in [2.24, 2.45) is 0 Å². The summed E-state index contributed by atoms with van der Waals surface area (Å²) in [7, 11) is 0. The van der Waals surface area contributed by atoms with Gasteiger partial charge in [0.1, 0.15) is 6.54 Å². The average molecular weight is 317 g/mol. The second-order valence-corrected chi connectivity index (χ2v) is 5.28. The van der Waals surface area contributed by atoms with E-state index in [4.69, 9.17) is 11.6 Å². The van der Waals surface area contributed by atoms with E-state index in [1.54, 1.807) is 24.3 Å². The fourth-order valence-corrected chi connectivity index (χ4v) is 2.12. The van der Waals surface area contributed by atoms with Crippen molar-refractivity contribution in [1.29, 1.82) is 0 Å². The number of carbonyl (C=O) groups excluding carboxylic acids is 2. The summed E-state index contributed by atoms with van der Waals surface area (Å²) in [6.07, 6.45) is 0. The zero-order valence-corrected chi connectivity index (χ0v) is 13.0. The molecule has 0 atom stereocenters. The summed E-state index contributed by atoms with van der Waals surface area (Å²) in [5, 5.41) is 3.45. The fraction of sp³-hybridized carbons (Fsp3) is 0.176. The van der Waals surface area contributed by atoms with Gasteiger partial charge >= 0.3 is 0 Å². The molecule has 0 fully saturated rings. The summed E-state index contributed by atoms with van der Waals surface area (Å²) >= 11 is 5.81. The van der Waals surface area contributed by atoms with E-state index in [2.05, 4.69) is 5.32 Å². The number of halogens is 1. The molecule has 1 N–H and O–H groups in total. The Balaban J connectivity index is 1.94. The molecule has 0 heterocycles. The first-order valence-electron chi connectivity index (χ1n) is 6.90. The SMILES string of the molecule is CC(=O)N(CC(=O)NCc1ccc(Cl)cc1)c1ccccc1. The maximum Gasteiger partial charge on any atom is 0.240 e. The monoisotopic (exact) mass is 316 g/mol. The predicted octanol–water partition coefficient (Wildman–Crippen LogP) is 3.01. The van der Waals surface area contributed by atoms with Gasteiger partial charge in [-0.15, -0.1) is 0 Å². The van der Waals surface area contributed by atoms with Crippen LogP contribution in [0.2, 0.25) is 5.02 Å². The van der Waals surface area contributed by atoms with E-state index in [1.807, 2.05) is 30.3 Å². The number of anilines is 1. The molecule has 0 spiro atoms. The molecule has 0 bridgehead atoms. The molecule has 22 heavy (non-hydrogen) atoms. The molecule has 0 unspecified atom stereocenters. The van der Waals surface area contributed by atoms with Gasteiger partial charge in [-0.05, 0) is 29.8 Å². The van der Waals surface area contributed by atoms with Gasteiger partial charge in [-0.2, -0.15) is 0 Å². The summed E-state index contributed by atoms with van der Waals surface area (Å²) in [4.78, 5) is 25.2. The van der Waals surface area contributed by atoms with Crippen LogP contribution in [0.25, 0.3) is 0 Å². The Morgan fingerprint density at radius 3 is 2.27 bits per heavy atom. The second kappa shape index (κ2) is 7.61. The lowest BCUT2D eigenvalue weighted by Crippen LogP contribution is -2.39. The summed E-state index contributed by atoms with van der Waals surface area (Å²) < 4.78 is 0. The molecule has 2 rings (SSSR count). The van der Waals surface area contributed by atoms with Gasteiger partial charge in [0.15, 0.2) is 0 Å². The van der Waals surface area contributed by atoms with Crippen LogP contribution in [-0.4, -0.2) is 18.4 Å². The van der Waals surface area contributed by atoms with E-state index in [1.165, 1.54) is 11.8 Å². The average Bonchev–Trinajstić information content (AvgIpc) is 2.52. The van der Waals surface area contributed by atoms with Gasteiger partial charge in [-0.25, -0.2) is 0 Å². The molecule has 2 aromatic rings. The van der Waals surface area contributed by atoms with Crippen LogP contribution < -0.4 is 10.2 Å². The largest absolute Gasteiger partial charge is 0.350 e. The molecule has 2 amide bonds. The molecule has 5 heteroatoms. The molecule has 0 saturated heterocycles. The van der Waals surface area contributed by atoms with Gasteiger partial charge < -0.3 is 10.2 Å². The Kier molecular flexibility index (Phi) is 5.55. The molecule has 0 saturated carbocycles. The van der Waals surface area contributed by atoms with Gasteiger partial charge in [-0.1, -0.05) is 41.9 Å². The summed E-state index contributed by atoms with van der Waals surface area (Å²) in [5.74, 6) is -0.387. The van der Waals surface area contributed by atoms with E-state index in [0.29, 0.717) is 17.3 Å². The Morgan fingerprint density at radius 1 is 1.05 bits per heavy atom. The third-order valence-electron chi connectivity index (χ3n) is 3.15.